The molecule has 0 aromatic carbocycles. The van der Waals surface area contributed by atoms with Gasteiger partial charge < -0.3 is 15.4 Å². The van der Waals surface area contributed by atoms with Crippen LogP contribution in [0, 0.1) is 5.92 Å². The summed E-state index contributed by atoms with van der Waals surface area (Å²) in [6, 6.07) is 0. The molecule has 1 amide bonds. The lowest BCUT2D eigenvalue weighted by Gasteiger charge is -2.38. The van der Waals surface area contributed by atoms with Crippen molar-refractivity contribution in [1.29, 1.82) is 0 Å². The fourth-order valence-electron chi connectivity index (χ4n) is 2.60. The van der Waals surface area contributed by atoms with Crippen molar-refractivity contribution in [2.24, 2.45) is 5.92 Å². The van der Waals surface area contributed by atoms with E-state index in [2.05, 4.69) is 10.6 Å². The highest BCUT2D eigenvalue weighted by Crippen LogP contribution is 2.22. The van der Waals surface area contributed by atoms with E-state index in [1.54, 1.807) is 0 Å². The van der Waals surface area contributed by atoms with Crippen molar-refractivity contribution < 1.29 is 22.7 Å². The number of amides is 1. The Morgan fingerprint density at radius 1 is 1.48 bits per heavy atom. The van der Waals surface area contributed by atoms with Crippen LogP contribution in [0.3, 0.4) is 0 Å². The third kappa shape index (κ3) is 5.44. The van der Waals surface area contributed by atoms with Crippen LogP contribution >= 0.6 is 0 Å². The van der Waals surface area contributed by atoms with Gasteiger partial charge in [-0.05, 0) is 25.8 Å². The average Bonchev–Trinajstić information content (AvgIpc) is 2.76. The van der Waals surface area contributed by atoms with Gasteiger partial charge in [0.25, 0.3) is 0 Å². The first-order valence-corrected chi connectivity index (χ1v) is 7.16. The quantitative estimate of drug-likeness (QED) is 0.744. The Hall–Kier alpha value is -0.860. The van der Waals surface area contributed by atoms with E-state index in [9.17, 15) is 18.0 Å². The van der Waals surface area contributed by atoms with Crippen LogP contribution in [0.5, 0.6) is 0 Å². The minimum absolute atomic E-state index is 0.00281. The van der Waals surface area contributed by atoms with Crippen molar-refractivity contribution in [2.75, 3.05) is 45.9 Å². The number of carbonyl (C=O) groups excluding carboxylic acids is 1. The van der Waals surface area contributed by atoms with E-state index >= 15 is 0 Å². The van der Waals surface area contributed by atoms with Crippen LogP contribution in [-0.2, 0) is 9.53 Å². The predicted octanol–water partition coefficient (Wildman–Crippen LogP) is 0.365. The highest BCUT2D eigenvalue weighted by molar-refractivity contribution is 5.77. The van der Waals surface area contributed by atoms with E-state index < -0.39 is 12.7 Å². The van der Waals surface area contributed by atoms with E-state index in [1.807, 2.05) is 6.92 Å². The second-order valence-corrected chi connectivity index (χ2v) is 6.15. The van der Waals surface area contributed by atoms with Crippen LogP contribution in [0.2, 0.25) is 0 Å². The Balaban J connectivity index is 1.59. The Bertz CT molecular complexity index is 372. The Labute approximate surface area is 122 Å². The summed E-state index contributed by atoms with van der Waals surface area (Å²) >= 11 is 0. The largest absolute Gasteiger partial charge is 0.401 e. The fraction of sp³-hybridized carbons (Fsp3) is 0.923. The number of halogens is 3. The van der Waals surface area contributed by atoms with E-state index in [-0.39, 0.29) is 24.0 Å². The molecule has 2 heterocycles. The second-order valence-electron chi connectivity index (χ2n) is 6.15. The van der Waals surface area contributed by atoms with Gasteiger partial charge in [0.15, 0.2) is 0 Å². The fourth-order valence-corrected chi connectivity index (χ4v) is 2.60. The van der Waals surface area contributed by atoms with Crippen LogP contribution in [0.15, 0.2) is 0 Å². The van der Waals surface area contributed by atoms with Crippen molar-refractivity contribution in [3.63, 3.8) is 0 Å². The lowest BCUT2D eigenvalue weighted by molar-refractivity contribution is -0.144. The first-order chi connectivity index (χ1) is 9.76. The number of nitrogens with zero attached hydrogens (tertiary/aromatic N) is 1. The van der Waals surface area contributed by atoms with Crippen molar-refractivity contribution in [3.8, 4) is 0 Å². The minimum atomic E-state index is -4.15. The van der Waals surface area contributed by atoms with Gasteiger partial charge in [0.1, 0.15) is 6.61 Å². The van der Waals surface area contributed by atoms with Crippen molar-refractivity contribution in [1.82, 2.24) is 15.5 Å². The number of likely N-dealkylation sites (tertiary alicyclic amines) is 1. The SMILES string of the molecule is CC1(OCC(=O)NCC2CCN(CC(F)(F)F)C2)CNC1. The normalized spacial score (nSPS) is 25.6. The van der Waals surface area contributed by atoms with Gasteiger partial charge >= 0.3 is 6.18 Å². The van der Waals surface area contributed by atoms with Crippen molar-refractivity contribution in [3.05, 3.63) is 0 Å². The summed E-state index contributed by atoms with van der Waals surface area (Å²) in [5, 5.41) is 5.81. The molecule has 0 spiro atoms. The van der Waals surface area contributed by atoms with Crippen LogP contribution in [-0.4, -0.2) is 68.5 Å². The summed E-state index contributed by atoms with van der Waals surface area (Å²) in [5.74, 6) is -0.130. The Morgan fingerprint density at radius 3 is 2.76 bits per heavy atom. The lowest BCUT2D eigenvalue weighted by Crippen LogP contribution is -2.59. The summed E-state index contributed by atoms with van der Waals surface area (Å²) < 4.78 is 42.3. The summed E-state index contributed by atoms with van der Waals surface area (Å²) in [4.78, 5) is 13.0. The maximum absolute atomic E-state index is 12.3. The van der Waals surface area contributed by atoms with Gasteiger partial charge in [0.2, 0.25) is 5.91 Å². The summed E-state index contributed by atoms with van der Waals surface area (Å²) in [6.07, 6.45) is -3.48. The third-order valence-electron chi connectivity index (χ3n) is 3.91. The van der Waals surface area contributed by atoms with Gasteiger partial charge in [0, 0.05) is 26.2 Å². The zero-order chi connectivity index (χ0) is 15.5. The van der Waals surface area contributed by atoms with Gasteiger partial charge in [-0.3, -0.25) is 9.69 Å². The van der Waals surface area contributed by atoms with Crippen LogP contribution < -0.4 is 10.6 Å². The zero-order valence-corrected chi connectivity index (χ0v) is 12.1. The van der Waals surface area contributed by atoms with Gasteiger partial charge in [-0.15, -0.1) is 0 Å². The molecule has 2 saturated heterocycles. The molecule has 0 aliphatic carbocycles. The molecule has 5 nitrogen and oxygen atoms in total. The monoisotopic (exact) mass is 309 g/mol. The molecular weight excluding hydrogens is 287 g/mol. The first-order valence-electron chi connectivity index (χ1n) is 7.16. The van der Waals surface area contributed by atoms with E-state index in [4.69, 9.17) is 4.74 Å². The molecule has 2 aliphatic heterocycles. The smallest absolute Gasteiger partial charge is 0.363 e. The molecule has 1 atom stereocenters. The molecule has 0 aromatic rings. The number of alkyl halides is 3. The topological polar surface area (TPSA) is 53.6 Å². The van der Waals surface area contributed by atoms with Crippen LogP contribution in [0.25, 0.3) is 0 Å². The standard InChI is InChI=1S/C13H22F3N3O2/c1-12(7-17-8-12)21-6-11(20)18-4-10-2-3-19(5-10)9-13(14,15)16/h10,17H,2-9H2,1H3,(H,18,20). The van der Waals surface area contributed by atoms with Gasteiger partial charge in [-0.2, -0.15) is 13.2 Å². The molecule has 1 unspecified atom stereocenters. The minimum Gasteiger partial charge on any atom is -0.363 e. The first kappa shape index (κ1) is 16.5. The van der Waals surface area contributed by atoms with Gasteiger partial charge in [-0.1, -0.05) is 0 Å². The molecule has 0 bridgehead atoms. The molecule has 21 heavy (non-hydrogen) atoms. The van der Waals surface area contributed by atoms with E-state index in [1.165, 1.54) is 4.90 Å². The Morgan fingerprint density at radius 2 is 2.19 bits per heavy atom. The van der Waals surface area contributed by atoms with Crippen molar-refractivity contribution >= 4 is 5.91 Å². The summed E-state index contributed by atoms with van der Waals surface area (Å²) in [7, 11) is 0. The summed E-state index contributed by atoms with van der Waals surface area (Å²) in [6.45, 7) is 3.74. The van der Waals surface area contributed by atoms with Gasteiger partial charge in [0.05, 0.1) is 12.1 Å². The molecule has 2 rings (SSSR count). The molecular formula is C13H22F3N3O2. The highest BCUT2D eigenvalue weighted by Gasteiger charge is 2.35. The van der Waals surface area contributed by atoms with E-state index in [0.29, 0.717) is 26.1 Å². The molecule has 0 radical (unpaired) electrons. The highest BCUT2D eigenvalue weighted by atomic mass is 19.4. The van der Waals surface area contributed by atoms with Crippen molar-refractivity contribution in [2.45, 2.75) is 25.1 Å². The average molecular weight is 309 g/mol. The number of nitrogens with one attached hydrogen (secondary N) is 2. The zero-order valence-electron chi connectivity index (χ0n) is 12.1. The molecule has 0 saturated carbocycles. The maximum Gasteiger partial charge on any atom is 0.401 e. The van der Waals surface area contributed by atoms with Gasteiger partial charge in [-0.25, -0.2) is 0 Å². The number of carbonyl (C=O) groups is 1. The number of hydrogen-bond donors (Lipinski definition) is 2. The van der Waals surface area contributed by atoms with Crippen LogP contribution in [0.1, 0.15) is 13.3 Å². The van der Waals surface area contributed by atoms with E-state index in [0.717, 1.165) is 13.1 Å². The Kier molecular flexibility index (Phi) is 5.11. The molecule has 8 heteroatoms. The second kappa shape index (κ2) is 6.50. The predicted molar refractivity (Wildman–Crippen MR) is 70.8 cm³/mol. The number of ether oxygens (including phenoxy) is 1. The summed E-state index contributed by atoms with van der Waals surface area (Å²) in [5.41, 5.74) is -0.270. The lowest BCUT2D eigenvalue weighted by atomic mass is 10.0. The molecule has 0 aromatic heterocycles. The third-order valence-corrected chi connectivity index (χ3v) is 3.91. The molecule has 2 N–H and O–H groups in total. The molecule has 2 aliphatic rings. The van der Waals surface area contributed by atoms with Crippen LogP contribution in [0.4, 0.5) is 13.2 Å². The molecule has 2 fully saturated rings. The maximum atomic E-state index is 12.3. The molecule has 122 valence electrons. The number of rotatable bonds is 6. The number of hydrogen-bond acceptors (Lipinski definition) is 4.